The zero-order valence-corrected chi connectivity index (χ0v) is 8.31. The number of fused-ring (bicyclic) bond motifs is 1. The topological polar surface area (TPSA) is 60.8 Å². The van der Waals surface area contributed by atoms with E-state index in [-0.39, 0.29) is 18.3 Å². The number of carbonyl (C=O) groups excluding carboxylic acids is 1. The highest BCUT2D eigenvalue weighted by molar-refractivity contribution is 5.97. The molecule has 0 spiro atoms. The molecule has 0 bridgehead atoms. The highest BCUT2D eigenvalue weighted by Crippen LogP contribution is 2.22. The summed E-state index contributed by atoms with van der Waals surface area (Å²) in [6, 6.07) is 4.86. The molecule has 2 rings (SSSR count). The van der Waals surface area contributed by atoms with Crippen molar-refractivity contribution < 1.29 is 15.0 Å². The van der Waals surface area contributed by atoms with Crippen molar-refractivity contribution >= 4 is 5.91 Å². The SMILES string of the molecule is O=C1c2cc(O)ccc2CCN1CCO. The van der Waals surface area contributed by atoms with Crippen molar-refractivity contribution in [2.24, 2.45) is 0 Å². The van der Waals surface area contributed by atoms with E-state index in [0.29, 0.717) is 18.7 Å². The first-order valence-corrected chi connectivity index (χ1v) is 4.94. The molecule has 0 aromatic heterocycles. The van der Waals surface area contributed by atoms with Crippen LogP contribution in [0, 0.1) is 0 Å². The van der Waals surface area contributed by atoms with E-state index < -0.39 is 0 Å². The van der Waals surface area contributed by atoms with Crippen molar-refractivity contribution in [2.75, 3.05) is 19.7 Å². The lowest BCUT2D eigenvalue weighted by Gasteiger charge is -2.27. The van der Waals surface area contributed by atoms with Crippen molar-refractivity contribution in [1.82, 2.24) is 4.90 Å². The Morgan fingerprint density at radius 3 is 2.93 bits per heavy atom. The van der Waals surface area contributed by atoms with Gasteiger partial charge in [-0.3, -0.25) is 4.79 Å². The Bertz CT molecular complexity index is 389. The zero-order chi connectivity index (χ0) is 10.8. The van der Waals surface area contributed by atoms with Gasteiger partial charge in [-0.2, -0.15) is 0 Å². The molecular weight excluding hydrogens is 194 g/mol. The number of amides is 1. The third-order valence-corrected chi connectivity index (χ3v) is 2.63. The van der Waals surface area contributed by atoms with Crippen LogP contribution >= 0.6 is 0 Å². The highest BCUT2D eigenvalue weighted by atomic mass is 16.3. The molecule has 4 nitrogen and oxygen atoms in total. The maximum Gasteiger partial charge on any atom is 0.254 e. The molecule has 2 N–H and O–H groups in total. The van der Waals surface area contributed by atoms with E-state index in [9.17, 15) is 9.90 Å². The molecule has 1 aromatic carbocycles. The van der Waals surface area contributed by atoms with Gasteiger partial charge >= 0.3 is 0 Å². The number of carbonyl (C=O) groups is 1. The Morgan fingerprint density at radius 1 is 1.40 bits per heavy atom. The second kappa shape index (κ2) is 3.90. The standard InChI is InChI=1S/C11H13NO3/c13-6-5-12-4-3-8-1-2-9(14)7-10(8)11(12)15/h1-2,7,13-14H,3-6H2. The Kier molecular flexibility index (Phi) is 2.60. The zero-order valence-electron chi connectivity index (χ0n) is 8.31. The van der Waals surface area contributed by atoms with Crippen LogP contribution in [-0.2, 0) is 6.42 Å². The van der Waals surface area contributed by atoms with Crippen LogP contribution < -0.4 is 0 Å². The molecule has 80 valence electrons. The first kappa shape index (κ1) is 9.98. The Labute approximate surface area is 87.8 Å². The van der Waals surface area contributed by atoms with Crippen LogP contribution in [0.4, 0.5) is 0 Å². The van der Waals surface area contributed by atoms with Crippen molar-refractivity contribution in [3.63, 3.8) is 0 Å². The molecule has 1 aliphatic rings. The molecule has 0 radical (unpaired) electrons. The minimum Gasteiger partial charge on any atom is -0.508 e. The van der Waals surface area contributed by atoms with E-state index in [0.717, 1.165) is 12.0 Å². The lowest BCUT2D eigenvalue weighted by molar-refractivity contribution is 0.0705. The van der Waals surface area contributed by atoms with E-state index in [4.69, 9.17) is 5.11 Å². The summed E-state index contributed by atoms with van der Waals surface area (Å²) in [6.07, 6.45) is 0.779. The van der Waals surface area contributed by atoms with Gasteiger partial charge in [0, 0.05) is 18.7 Å². The quantitative estimate of drug-likeness (QED) is 0.737. The molecule has 4 heteroatoms. The van der Waals surface area contributed by atoms with Crippen LogP contribution in [-0.4, -0.2) is 40.7 Å². The molecule has 0 saturated carbocycles. The van der Waals surface area contributed by atoms with E-state index in [2.05, 4.69) is 0 Å². The van der Waals surface area contributed by atoms with Gasteiger partial charge in [0.15, 0.2) is 0 Å². The third kappa shape index (κ3) is 1.80. The van der Waals surface area contributed by atoms with Crippen LogP contribution in [0.1, 0.15) is 15.9 Å². The van der Waals surface area contributed by atoms with Crippen molar-refractivity contribution in [3.05, 3.63) is 29.3 Å². The van der Waals surface area contributed by atoms with E-state index in [1.54, 1.807) is 17.0 Å². The molecule has 1 amide bonds. The first-order chi connectivity index (χ1) is 7.22. The number of β-amino-alcohol motifs (C(OH)–C–C–N with tert-alkyl or cyclic N) is 1. The molecule has 1 aliphatic heterocycles. The number of hydrogen-bond donors (Lipinski definition) is 2. The van der Waals surface area contributed by atoms with Gasteiger partial charge in [0.05, 0.1) is 6.61 Å². The number of aliphatic hydroxyl groups excluding tert-OH is 1. The number of benzene rings is 1. The smallest absolute Gasteiger partial charge is 0.254 e. The lowest BCUT2D eigenvalue weighted by Crippen LogP contribution is -2.39. The average molecular weight is 207 g/mol. The maximum absolute atomic E-state index is 11.9. The lowest BCUT2D eigenvalue weighted by atomic mass is 9.99. The fourth-order valence-corrected chi connectivity index (χ4v) is 1.84. The van der Waals surface area contributed by atoms with E-state index >= 15 is 0 Å². The number of nitrogens with zero attached hydrogens (tertiary/aromatic N) is 1. The molecule has 0 fully saturated rings. The van der Waals surface area contributed by atoms with Crippen LogP contribution in [0.2, 0.25) is 0 Å². The summed E-state index contributed by atoms with van der Waals surface area (Å²) in [5.41, 5.74) is 1.52. The summed E-state index contributed by atoms with van der Waals surface area (Å²) in [5, 5.41) is 18.1. The van der Waals surface area contributed by atoms with Gasteiger partial charge in [0.1, 0.15) is 5.75 Å². The second-order valence-electron chi connectivity index (χ2n) is 3.61. The predicted octanol–water partition coefficient (Wildman–Crippen LogP) is 0.383. The van der Waals surface area contributed by atoms with Gasteiger partial charge in [0.25, 0.3) is 5.91 Å². The number of phenolic OH excluding ortho intramolecular Hbond substituents is 1. The highest BCUT2D eigenvalue weighted by Gasteiger charge is 2.23. The summed E-state index contributed by atoms with van der Waals surface area (Å²) < 4.78 is 0. The van der Waals surface area contributed by atoms with Crippen molar-refractivity contribution in [2.45, 2.75) is 6.42 Å². The average Bonchev–Trinajstić information content (AvgIpc) is 2.23. The number of aromatic hydroxyl groups is 1. The number of rotatable bonds is 2. The third-order valence-electron chi connectivity index (χ3n) is 2.63. The number of hydrogen-bond acceptors (Lipinski definition) is 3. The van der Waals surface area contributed by atoms with Gasteiger partial charge in [-0.25, -0.2) is 0 Å². The van der Waals surface area contributed by atoms with Crippen LogP contribution in [0.15, 0.2) is 18.2 Å². The second-order valence-corrected chi connectivity index (χ2v) is 3.61. The number of aliphatic hydroxyl groups is 1. The monoisotopic (exact) mass is 207 g/mol. The fraction of sp³-hybridized carbons (Fsp3) is 0.364. The molecule has 0 aliphatic carbocycles. The summed E-state index contributed by atoms with van der Waals surface area (Å²) >= 11 is 0. The molecule has 0 saturated heterocycles. The first-order valence-electron chi connectivity index (χ1n) is 4.94. The van der Waals surface area contributed by atoms with Gasteiger partial charge in [-0.15, -0.1) is 0 Å². The van der Waals surface area contributed by atoms with E-state index in [1.165, 1.54) is 6.07 Å². The summed E-state index contributed by atoms with van der Waals surface area (Å²) in [7, 11) is 0. The van der Waals surface area contributed by atoms with Gasteiger partial charge in [-0.1, -0.05) is 6.07 Å². The van der Waals surface area contributed by atoms with Crippen LogP contribution in [0.3, 0.4) is 0 Å². The van der Waals surface area contributed by atoms with Crippen molar-refractivity contribution in [3.8, 4) is 5.75 Å². The molecular formula is C11H13NO3. The number of phenols is 1. The summed E-state index contributed by atoms with van der Waals surface area (Å²) in [4.78, 5) is 13.5. The Hall–Kier alpha value is -1.55. The largest absolute Gasteiger partial charge is 0.508 e. The fourth-order valence-electron chi connectivity index (χ4n) is 1.84. The minimum atomic E-state index is -0.110. The van der Waals surface area contributed by atoms with Gasteiger partial charge in [-0.05, 0) is 24.1 Å². The van der Waals surface area contributed by atoms with E-state index in [1.807, 2.05) is 0 Å². The maximum atomic E-state index is 11.9. The molecule has 1 heterocycles. The van der Waals surface area contributed by atoms with Gasteiger partial charge < -0.3 is 15.1 Å². The molecule has 15 heavy (non-hydrogen) atoms. The van der Waals surface area contributed by atoms with Gasteiger partial charge in [0.2, 0.25) is 0 Å². The summed E-state index contributed by atoms with van der Waals surface area (Å²) in [5.74, 6) is -0.00542. The van der Waals surface area contributed by atoms with Crippen LogP contribution in [0.25, 0.3) is 0 Å². The van der Waals surface area contributed by atoms with Crippen LogP contribution in [0.5, 0.6) is 5.75 Å². The molecule has 0 atom stereocenters. The Balaban J connectivity index is 2.32. The minimum absolute atomic E-state index is 0.0279. The summed E-state index contributed by atoms with van der Waals surface area (Å²) in [6.45, 7) is 0.963. The Morgan fingerprint density at radius 2 is 2.20 bits per heavy atom. The predicted molar refractivity (Wildman–Crippen MR) is 54.8 cm³/mol. The molecule has 1 aromatic rings. The normalized spacial score (nSPS) is 15.3. The van der Waals surface area contributed by atoms with Crippen molar-refractivity contribution in [1.29, 1.82) is 0 Å². The molecule has 0 unspecified atom stereocenters.